The molecule has 0 unspecified atom stereocenters. The molecule has 0 amide bonds. The Morgan fingerprint density at radius 3 is 2.55 bits per heavy atom. The summed E-state index contributed by atoms with van der Waals surface area (Å²) in [5, 5.41) is 23.2. The van der Waals surface area contributed by atoms with Crippen LogP contribution in [0.4, 0.5) is 4.79 Å². The first-order valence-electron chi connectivity index (χ1n) is 9.65. The smallest absolute Gasteiger partial charge is 0.449 e. The molecule has 9 nitrogen and oxygen atoms in total. The molecule has 4 aromatic rings. The van der Waals surface area contributed by atoms with Crippen molar-refractivity contribution in [2.45, 2.75) is 26.3 Å². The van der Waals surface area contributed by atoms with E-state index in [0.717, 1.165) is 28.7 Å². The van der Waals surface area contributed by atoms with Crippen LogP contribution in [0.1, 0.15) is 24.7 Å². The molecule has 0 radical (unpaired) electrons. The summed E-state index contributed by atoms with van der Waals surface area (Å²) in [7, 11) is 0. The molecule has 2 N–H and O–H groups in total. The van der Waals surface area contributed by atoms with Crippen molar-refractivity contribution >= 4 is 17.8 Å². The number of ether oxygens (including phenoxy) is 1. The summed E-state index contributed by atoms with van der Waals surface area (Å²) >= 11 is 6.13. The summed E-state index contributed by atoms with van der Waals surface area (Å²) in [6.45, 7) is 2.40. The van der Waals surface area contributed by atoms with Gasteiger partial charge >= 0.3 is 6.16 Å². The van der Waals surface area contributed by atoms with E-state index in [1.807, 2.05) is 55.5 Å². The summed E-state index contributed by atoms with van der Waals surface area (Å²) in [6, 6.07) is 15.8. The maximum Gasteiger partial charge on any atom is 0.512 e. The lowest BCUT2D eigenvalue weighted by Gasteiger charge is -2.12. The van der Waals surface area contributed by atoms with E-state index in [4.69, 9.17) is 21.4 Å². The standard InChI is InChI=1S/C21H19ClN6O3/c1-2-5-17-23-18(22)20(31-21(29)30)28(17)12-13-8-10-14(11-9-13)15-6-3-4-7-16(15)19-24-26-27-25-19/h3-4,6-11H,2,5,12H2,1H3,(H,29,30)(H,24,25,26,27). The van der Waals surface area contributed by atoms with Gasteiger partial charge in [0.1, 0.15) is 5.82 Å². The molecule has 4 rings (SSSR count). The second kappa shape index (κ2) is 8.97. The molecule has 0 fully saturated rings. The molecule has 0 aliphatic heterocycles. The molecule has 0 saturated carbocycles. The minimum Gasteiger partial charge on any atom is -0.449 e. The number of hydrogen-bond donors (Lipinski definition) is 2. The van der Waals surface area contributed by atoms with Gasteiger partial charge in [-0.2, -0.15) is 0 Å². The molecule has 10 heteroatoms. The molecule has 0 aliphatic rings. The lowest BCUT2D eigenvalue weighted by atomic mass is 9.98. The van der Waals surface area contributed by atoms with Crippen LogP contribution >= 0.6 is 11.6 Å². The average molecular weight is 439 g/mol. The van der Waals surface area contributed by atoms with Gasteiger partial charge in [-0.25, -0.2) is 14.9 Å². The molecular formula is C21H19ClN6O3. The van der Waals surface area contributed by atoms with Crippen molar-refractivity contribution in [2.24, 2.45) is 0 Å². The Bertz CT molecular complexity index is 1190. The molecule has 2 heterocycles. The Hall–Kier alpha value is -3.72. The van der Waals surface area contributed by atoms with Crippen molar-refractivity contribution in [1.29, 1.82) is 0 Å². The Morgan fingerprint density at radius 1 is 1.16 bits per heavy atom. The summed E-state index contributed by atoms with van der Waals surface area (Å²) < 4.78 is 6.59. The van der Waals surface area contributed by atoms with E-state index in [9.17, 15) is 4.79 Å². The zero-order chi connectivity index (χ0) is 21.8. The number of aromatic nitrogens is 6. The molecule has 0 atom stereocenters. The third-order valence-electron chi connectivity index (χ3n) is 4.75. The van der Waals surface area contributed by atoms with Crippen molar-refractivity contribution in [3.63, 3.8) is 0 Å². The van der Waals surface area contributed by atoms with Crippen molar-refractivity contribution in [3.05, 3.63) is 65.1 Å². The van der Waals surface area contributed by atoms with Crippen molar-refractivity contribution in [2.75, 3.05) is 0 Å². The van der Waals surface area contributed by atoms with Gasteiger partial charge in [0.2, 0.25) is 5.88 Å². The van der Waals surface area contributed by atoms with Crippen LogP contribution in [0, 0.1) is 0 Å². The topological polar surface area (TPSA) is 119 Å². The number of nitrogens with zero attached hydrogens (tertiary/aromatic N) is 5. The molecular weight excluding hydrogens is 420 g/mol. The second-order valence-corrected chi connectivity index (χ2v) is 7.18. The average Bonchev–Trinajstić information content (AvgIpc) is 3.39. The highest BCUT2D eigenvalue weighted by Gasteiger charge is 2.20. The van der Waals surface area contributed by atoms with Crippen LogP contribution in [0.3, 0.4) is 0 Å². The van der Waals surface area contributed by atoms with Gasteiger partial charge in [0, 0.05) is 12.0 Å². The molecule has 0 saturated heterocycles. The van der Waals surface area contributed by atoms with Gasteiger partial charge in [-0.3, -0.25) is 4.57 Å². The third kappa shape index (κ3) is 4.41. The molecule has 0 aliphatic carbocycles. The molecule has 158 valence electrons. The fourth-order valence-corrected chi connectivity index (χ4v) is 3.63. The van der Waals surface area contributed by atoms with E-state index in [0.29, 0.717) is 24.6 Å². The van der Waals surface area contributed by atoms with Gasteiger partial charge in [0.05, 0.1) is 6.54 Å². The Balaban J connectivity index is 1.65. The number of imidazole rings is 1. The van der Waals surface area contributed by atoms with Crippen LogP contribution < -0.4 is 4.74 Å². The number of hydrogen-bond acceptors (Lipinski definition) is 6. The van der Waals surface area contributed by atoms with Gasteiger partial charge in [0.25, 0.3) is 0 Å². The number of carboxylic acid groups (broad SMARTS) is 1. The van der Waals surface area contributed by atoms with Crippen LogP contribution in [0.15, 0.2) is 48.5 Å². The van der Waals surface area contributed by atoms with Gasteiger partial charge in [-0.05, 0) is 33.5 Å². The number of nitrogens with one attached hydrogen (secondary N) is 1. The summed E-state index contributed by atoms with van der Waals surface area (Å²) in [6.07, 6.45) is 0.0609. The number of benzene rings is 2. The largest absolute Gasteiger partial charge is 0.512 e. The van der Waals surface area contributed by atoms with Gasteiger partial charge in [-0.15, -0.1) is 5.10 Å². The Kier molecular flexibility index (Phi) is 5.94. The fraction of sp³-hybridized carbons (Fsp3) is 0.190. The summed E-state index contributed by atoms with van der Waals surface area (Å²) in [5.41, 5.74) is 3.82. The van der Waals surface area contributed by atoms with Crippen molar-refractivity contribution in [3.8, 4) is 28.4 Å². The maximum absolute atomic E-state index is 11.1. The molecule has 2 aromatic heterocycles. The van der Waals surface area contributed by atoms with E-state index in [-0.39, 0.29) is 11.0 Å². The minimum absolute atomic E-state index is 0.0323. The second-order valence-electron chi connectivity index (χ2n) is 6.82. The number of tetrazole rings is 1. The number of halogens is 1. The minimum atomic E-state index is -1.43. The number of aromatic amines is 1. The zero-order valence-electron chi connectivity index (χ0n) is 16.6. The lowest BCUT2D eigenvalue weighted by Crippen LogP contribution is -2.11. The van der Waals surface area contributed by atoms with Crippen LogP contribution in [0.5, 0.6) is 5.88 Å². The molecule has 0 bridgehead atoms. The number of carbonyl (C=O) groups is 1. The predicted octanol–water partition coefficient (Wildman–Crippen LogP) is 4.44. The van der Waals surface area contributed by atoms with E-state index in [2.05, 4.69) is 25.6 Å². The highest BCUT2D eigenvalue weighted by molar-refractivity contribution is 6.30. The molecule has 0 spiro atoms. The highest BCUT2D eigenvalue weighted by Crippen LogP contribution is 2.31. The van der Waals surface area contributed by atoms with Crippen molar-refractivity contribution < 1.29 is 14.6 Å². The highest BCUT2D eigenvalue weighted by atomic mass is 35.5. The first-order valence-corrected chi connectivity index (χ1v) is 10.0. The van der Waals surface area contributed by atoms with E-state index >= 15 is 0 Å². The monoisotopic (exact) mass is 438 g/mol. The van der Waals surface area contributed by atoms with Gasteiger partial charge < -0.3 is 9.84 Å². The van der Waals surface area contributed by atoms with Crippen LogP contribution in [0.25, 0.3) is 22.5 Å². The Morgan fingerprint density at radius 2 is 1.90 bits per heavy atom. The van der Waals surface area contributed by atoms with Crippen LogP contribution in [-0.2, 0) is 13.0 Å². The van der Waals surface area contributed by atoms with Gasteiger partial charge in [-0.1, -0.05) is 67.1 Å². The molecule has 31 heavy (non-hydrogen) atoms. The first-order chi connectivity index (χ1) is 15.1. The number of rotatable bonds is 7. The quantitative estimate of drug-likeness (QED) is 0.409. The normalized spacial score (nSPS) is 10.9. The first kappa shape index (κ1) is 20.5. The predicted molar refractivity (Wildman–Crippen MR) is 114 cm³/mol. The van der Waals surface area contributed by atoms with Gasteiger partial charge in [0.15, 0.2) is 11.0 Å². The molecule has 2 aromatic carbocycles. The van der Waals surface area contributed by atoms with Crippen molar-refractivity contribution in [1.82, 2.24) is 30.2 Å². The zero-order valence-corrected chi connectivity index (χ0v) is 17.4. The van der Waals surface area contributed by atoms with E-state index in [1.165, 1.54) is 0 Å². The fourth-order valence-electron chi connectivity index (χ4n) is 3.39. The summed E-state index contributed by atoms with van der Waals surface area (Å²) in [4.78, 5) is 15.4. The number of aryl methyl sites for hydroxylation is 1. The van der Waals surface area contributed by atoms with E-state index < -0.39 is 6.16 Å². The lowest BCUT2D eigenvalue weighted by molar-refractivity contribution is 0.140. The summed E-state index contributed by atoms with van der Waals surface area (Å²) in [5.74, 6) is 1.30. The van der Waals surface area contributed by atoms with Crippen LogP contribution in [-0.4, -0.2) is 41.4 Å². The maximum atomic E-state index is 11.1. The number of H-pyrrole nitrogens is 1. The van der Waals surface area contributed by atoms with Crippen LogP contribution in [0.2, 0.25) is 5.15 Å². The third-order valence-corrected chi connectivity index (χ3v) is 5.00. The Labute approximate surface area is 182 Å². The SMILES string of the molecule is CCCc1nc(Cl)c(OC(=O)O)n1Cc1ccc(-c2ccccc2-c2nnn[nH]2)cc1. The van der Waals surface area contributed by atoms with E-state index in [1.54, 1.807) is 4.57 Å².